The molecule has 0 bridgehead atoms. The molecule has 2 aliphatic carbocycles. The number of piperidine rings is 1. The van der Waals surface area contributed by atoms with Gasteiger partial charge in [-0.1, -0.05) is 42.5 Å². The summed E-state index contributed by atoms with van der Waals surface area (Å²) >= 11 is 0. The molecule has 0 N–H and O–H groups in total. The Labute approximate surface area is 160 Å². The molecule has 3 heteroatoms. The van der Waals surface area contributed by atoms with Crippen molar-refractivity contribution in [2.24, 2.45) is 5.41 Å². The second-order valence-electron chi connectivity index (χ2n) is 8.03. The van der Waals surface area contributed by atoms with Crippen LogP contribution < -0.4 is 4.74 Å². The van der Waals surface area contributed by atoms with Crippen molar-refractivity contribution in [3.63, 3.8) is 0 Å². The first-order valence-corrected chi connectivity index (χ1v) is 9.95. The summed E-state index contributed by atoms with van der Waals surface area (Å²) in [5.41, 5.74) is 5.35. The van der Waals surface area contributed by atoms with Crippen molar-refractivity contribution >= 4 is 11.5 Å². The highest BCUT2D eigenvalue weighted by atomic mass is 16.5. The molecule has 27 heavy (non-hydrogen) atoms. The van der Waals surface area contributed by atoms with Crippen LogP contribution in [0.1, 0.15) is 54.8 Å². The summed E-state index contributed by atoms with van der Waals surface area (Å²) in [7, 11) is 1.71. The number of amides is 1. The van der Waals surface area contributed by atoms with Gasteiger partial charge < -0.3 is 9.64 Å². The molecular weight excluding hydrogens is 334 g/mol. The van der Waals surface area contributed by atoms with Crippen LogP contribution in [0.2, 0.25) is 0 Å². The normalized spacial score (nSPS) is 26.1. The highest BCUT2D eigenvalue weighted by molar-refractivity contribution is 5.86. The number of benzene rings is 2. The third kappa shape index (κ3) is 2.44. The fraction of sp³-hybridized carbons (Fsp3) is 0.375. The number of carbonyl (C=O) groups excluding carboxylic acids is 1. The van der Waals surface area contributed by atoms with Crippen molar-refractivity contribution in [2.75, 3.05) is 7.11 Å². The first-order chi connectivity index (χ1) is 13.2. The van der Waals surface area contributed by atoms with Crippen molar-refractivity contribution in [1.82, 2.24) is 4.90 Å². The Bertz CT molecular complexity index is 917. The van der Waals surface area contributed by atoms with Gasteiger partial charge in [-0.05, 0) is 60.1 Å². The number of fused-ring (bicyclic) bond motifs is 3. The van der Waals surface area contributed by atoms with Crippen LogP contribution in [-0.4, -0.2) is 17.9 Å². The summed E-state index contributed by atoms with van der Waals surface area (Å²) in [6.45, 7) is 0.677. The molecule has 1 fully saturated rings. The molecule has 0 radical (unpaired) electrons. The van der Waals surface area contributed by atoms with Gasteiger partial charge in [-0.15, -0.1) is 0 Å². The van der Waals surface area contributed by atoms with Crippen LogP contribution in [0.5, 0.6) is 5.75 Å². The maximum atomic E-state index is 13.1. The van der Waals surface area contributed by atoms with Crippen molar-refractivity contribution in [2.45, 2.75) is 44.7 Å². The van der Waals surface area contributed by atoms with Gasteiger partial charge in [-0.3, -0.25) is 4.79 Å². The van der Waals surface area contributed by atoms with E-state index in [9.17, 15) is 4.79 Å². The van der Waals surface area contributed by atoms with Crippen LogP contribution in [0.15, 0.2) is 54.6 Å². The fourth-order valence-electron chi connectivity index (χ4n) is 5.54. The fourth-order valence-corrected chi connectivity index (χ4v) is 5.54. The summed E-state index contributed by atoms with van der Waals surface area (Å²) in [5, 5.41) is 0. The predicted octanol–water partition coefficient (Wildman–Crippen LogP) is 5.13. The Kier molecular flexibility index (Phi) is 3.85. The molecule has 5 rings (SSSR count). The van der Waals surface area contributed by atoms with Crippen LogP contribution >= 0.6 is 0 Å². The molecule has 2 aromatic rings. The molecule has 0 aromatic heterocycles. The SMILES string of the molecule is COc1ccc2c(c1)[C@@H]1N(Cc3ccccc3)C(=O)CC[C@@]13CCCC=C23. The van der Waals surface area contributed by atoms with E-state index in [0.717, 1.165) is 18.6 Å². The highest BCUT2D eigenvalue weighted by Gasteiger charge is 2.55. The van der Waals surface area contributed by atoms with Gasteiger partial charge in [0.2, 0.25) is 5.91 Å². The number of hydrogen-bond donors (Lipinski definition) is 0. The molecule has 2 aromatic carbocycles. The second kappa shape index (κ2) is 6.26. The summed E-state index contributed by atoms with van der Waals surface area (Å²) in [6.07, 6.45) is 7.56. The lowest BCUT2D eigenvalue weighted by Gasteiger charge is -2.48. The lowest BCUT2D eigenvalue weighted by molar-refractivity contribution is -0.142. The van der Waals surface area contributed by atoms with Crippen LogP contribution in [0.25, 0.3) is 5.57 Å². The van der Waals surface area contributed by atoms with Gasteiger partial charge in [0.1, 0.15) is 5.75 Å². The molecule has 3 nitrogen and oxygen atoms in total. The third-order valence-corrected chi connectivity index (χ3v) is 6.69. The number of nitrogens with zero attached hydrogens (tertiary/aromatic N) is 1. The van der Waals surface area contributed by atoms with E-state index in [-0.39, 0.29) is 17.4 Å². The predicted molar refractivity (Wildman–Crippen MR) is 106 cm³/mol. The number of carbonyl (C=O) groups is 1. The monoisotopic (exact) mass is 359 g/mol. The molecule has 1 saturated heterocycles. The van der Waals surface area contributed by atoms with Crippen molar-refractivity contribution in [1.29, 1.82) is 0 Å². The molecule has 1 heterocycles. The van der Waals surface area contributed by atoms with Crippen molar-refractivity contribution in [3.8, 4) is 5.75 Å². The first-order valence-electron chi connectivity index (χ1n) is 9.95. The zero-order valence-corrected chi connectivity index (χ0v) is 15.8. The molecule has 1 aliphatic heterocycles. The lowest BCUT2D eigenvalue weighted by atomic mass is 9.65. The minimum atomic E-state index is 0.0790. The van der Waals surface area contributed by atoms with Crippen molar-refractivity contribution < 1.29 is 9.53 Å². The topological polar surface area (TPSA) is 29.5 Å². The largest absolute Gasteiger partial charge is 0.497 e. The van der Waals surface area contributed by atoms with Crippen LogP contribution in [0.4, 0.5) is 0 Å². The Hall–Kier alpha value is -2.55. The maximum absolute atomic E-state index is 13.1. The third-order valence-electron chi connectivity index (χ3n) is 6.69. The van der Waals surface area contributed by atoms with E-state index in [4.69, 9.17) is 4.74 Å². The smallest absolute Gasteiger partial charge is 0.223 e. The highest BCUT2D eigenvalue weighted by Crippen LogP contribution is 2.65. The molecule has 3 aliphatic rings. The molecule has 0 saturated carbocycles. The van der Waals surface area contributed by atoms with E-state index in [0.29, 0.717) is 13.0 Å². The van der Waals surface area contributed by atoms with E-state index >= 15 is 0 Å². The zero-order valence-electron chi connectivity index (χ0n) is 15.8. The Balaban J connectivity index is 1.66. The standard InChI is InChI=1S/C24H25NO2/c1-27-18-10-11-19-20(15-18)23-24(13-6-5-9-21(19)24)14-12-22(26)25(23)16-17-7-3-2-4-8-17/h2-4,7-11,15,23H,5-6,12-14,16H2,1H3/t23-,24+/m0/s1. The minimum absolute atomic E-state index is 0.0790. The number of allylic oxidation sites excluding steroid dienone is 1. The lowest BCUT2D eigenvalue weighted by Crippen LogP contribution is -2.47. The molecule has 138 valence electrons. The van der Waals surface area contributed by atoms with Gasteiger partial charge in [-0.25, -0.2) is 0 Å². The summed E-state index contributed by atoms with van der Waals surface area (Å²) in [4.78, 5) is 15.2. The molecule has 1 amide bonds. The maximum Gasteiger partial charge on any atom is 0.223 e. The van der Waals surface area contributed by atoms with E-state index < -0.39 is 0 Å². The number of likely N-dealkylation sites (tertiary alicyclic amines) is 1. The molecular formula is C24H25NO2. The van der Waals surface area contributed by atoms with E-state index in [1.165, 1.54) is 35.1 Å². The average molecular weight is 359 g/mol. The molecule has 0 unspecified atom stereocenters. The van der Waals surface area contributed by atoms with Gasteiger partial charge in [0.05, 0.1) is 13.2 Å². The number of rotatable bonds is 3. The number of methoxy groups -OCH3 is 1. The Morgan fingerprint density at radius 2 is 2.00 bits per heavy atom. The quantitative estimate of drug-likeness (QED) is 0.761. The van der Waals surface area contributed by atoms with E-state index in [1.54, 1.807) is 7.11 Å². The van der Waals surface area contributed by atoms with Crippen LogP contribution in [0.3, 0.4) is 0 Å². The first kappa shape index (κ1) is 16.6. The minimum Gasteiger partial charge on any atom is -0.497 e. The van der Waals surface area contributed by atoms with E-state index in [1.807, 2.05) is 6.07 Å². The Morgan fingerprint density at radius 1 is 1.15 bits per heavy atom. The Morgan fingerprint density at radius 3 is 2.81 bits per heavy atom. The summed E-state index contributed by atoms with van der Waals surface area (Å²) < 4.78 is 5.53. The molecule has 1 spiro atoms. The molecule has 2 atom stereocenters. The van der Waals surface area contributed by atoms with Gasteiger partial charge in [0, 0.05) is 18.4 Å². The van der Waals surface area contributed by atoms with Crippen LogP contribution in [-0.2, 0) is 11.3 Å². The van der Waals surface area contributed by atoms with Gasteiger partial charge in [0.15, 0.2) is 0 Å². The van der Waals surface area contributed by atoms with E-state index in [2.05, 4.69) is 53.4 Å². The van der Waals surface area contributed by atoms with Gasteiger partial charge >= 0.3 is 0 Å². The second-order valence-corrected chi connectivity index (χ2v) is 8.03. The summed E-state index contributed by atoms with van der Waals surface area (Å²) in [6, 6.07) is 16.9. The van der Waals surface area contributed by atoms with Crippen LogP contribution in [0, 0.1) is 5.41 Å². The zero-order chi connectivity index (χ0) is 18.4. The summed E-state index contributed by atoms with van der Waals surface area (Å²) in [5.74, 6) is 1.15. The average Bonchev–Trinajstić information content (AvgIpc) is 3.01. The van der Waals surface area contributed by atoms with Crippen molar-refractivity contribution in [3.05, 3.63) is 71.3 Å². The van der Waals surface area contributed by atoms with Gasteiger partial charge in [-0.2, -0.15) is 0 Å². The number of ether oxygens (including phenoxy) is 1. The number of hydrogen-bond acceptors (Lipinski definition) is 2. The van der Waals surface area contributed by atoms with Gasteiger partial charge in [0.25, 0.3) is 0 Å².